The third kappa shape index (κ3) is 3.54. The third-order valence-corrected chi connectivity index (χ3v) is 5.63. The molecule has 1 atom stereocenters. The lowest BCUT2D eigenvalue weighted by Gasteiger charge is -2.21. The predicted molar refractivity (Wildman–Crippen MR) is 95.1 cm³/mol. The van der Waals surface area contributed by atoms with Crippen LogP contribution in [0.25, 0.3) is 11.0 Å². The van der Waals surface area contributed by atoms with E-state index >= 15 is 0 Å². The van der Waals surface area contributed by atoms with Crippen LogP contribution in [-0.2, 0) is 15.6 Å². The van der Waals surface area contributed by atoms with Gasteiger partial charge >= 0.3 is 0 Å². The molecule has 1 unspecified atom stereocenters. The third-order valence-electron chi connectivity index (χ3n) is 3.69. The number of hydrogen-bond acceptors (Lipinski definition) is 4. The molecule has 0 bridgehead atoms. The van der Waals surface area contributed by atoms with E-state index in [9.17, 15) is 13.5 Å². The number of hydrogen-bond donors (Lipinski definition) is 2. The Hall–Kier alpha value is -1.67. The summed E-state index contributed by atoms with van der Waals surface area (Å²) in [7, 11) is -3.72. The summed E-state index contributed by atoms with van der Waals surface area (Å²) in [4.78, 5) is 0.131. The summed E-state index contributed by atoms with van der Waals surface area (Å²) in [6, 6.07) is 15.3. The molecule has 0 radical (unpaired) electrons. The molecule has 5 nitrogen and oxygen atoms in total. The molecule has 0 aliphatic rings. The van der Waals surface area contributed by atoms with E-state index in [1.807, 2.05) is 18.2 Å². The average Bonchev–Trinajstić information content (AvgIpc) is 2.99. The number of aliphatic hydroxyl groups is 1. The Morgan fingerprint density at radius 2 is 1.83 bits per heavy atom. The first-order valence-electron chi connectivity index (χ1n) is 7.25. The van der Waals surface area contributed by atoms with E-state index in [0.717, 1.165) is 9.86 Å². The molecule has 2 aromatic carbocycles. The van der Waals surface area contributed by atoms with Gasteiger partial charge in [-0.25, -0.2) is 13.1 Å². The van der Waals surface area contributed by atoms with Crippen molar-refractivity contribution in [2.24, 2.45) is 0 Å². The molecule has 0 aliphatic heterocycles. The van der Waals surface area contributed by atoms with Gasteiger partial charge in [0.05, 0.1) is 4.90 Å². The summed E-state index contributed by atoms with van der Waals surface area (Å²) >= 11 is 3.26. The zero-order valence-electron chi connectivity index (χ0n) is 12.9. The minimum absolute atomic E-state index is 0.131. The monoisotopic (exact) mass is 409 g/mol. The lowest BCUT2D eigenvalue weighted by Crippen LogP contribution is -2.38. The second kappa shape index (κ2) is 6.33. The summed E-state index contributed by atoms with van der Waals surface area (Å²) in [5.41, 5.74) is -0.829. The second-order valence-electron chi connectivity index (χ2n) is 5.70. The van der Waals surface area contributed by atoms with E-state index in [1.165, 1.54) is 19.1 Å². The second-order valence-corrected chi connectivity index (χ2v) is 8.38. The van der Waals surface area contributed by atoms with Crippen LogP contribution in [0.3, 0.4) is 0 Å². The van der Waals surface area contributed by atoms with E-state index < -0.39 is 15.6 Å². The topological polar surface area (TPSA) is 79.5 Å². The van der Waals surface area contributed by atoms with Gasteiger partial charge in [-0.05, 0) is 43.3 Å². The van der Waals surface area contributed by atoms with Crippen molar-refractivity contribution in [1.29, 1.82) is 0 Å². The number of fused-ring (bicyclic) bond motifs is 1. The highest BCUT2D eigenvalue weighted by molar-refractivity contribution is 9.10. The molecule has 1 aromatic heterocycles. The zero-order chi connectivity index (χ0) is 17.4. The van der Waals surface area contributed by atoms with Crippen LogP contribution in [-0.4, -0.2) is 20.1 Å². The summed E-state index contributed by atoms with van der Waals surface area (Å²) in [6.07, 6.45) is 0. The number of sulfonamides is 1. The molecular formula is C17H16BrNO4S. The summed E-state index contributed by atoms with van der Waals surface area (Å²) in [5, 5.41) is 11.5. The van der Waals surface area contributed by atoms with Crippen molar-refractivity contribution in [3.05, 3.63) is 64.8 Å². The van der Waals surface area contributed by atoms with Gasteiger partial charge < -0.3 is 9.52 Å². The molecule has 126 valence electrons. The largest absolute Gasteiger partial charge is 0.458 e. The Kier molecular flexibility index (Phi) is 4.52. The number of halogens is 1. The fraction of sp³-hybridized carbons (Fsp3) is 0.176. The Balaban J connectivity index is 1.80. The molecule has 0 amide bonds. The maximum Gasteiger partial charge on any atom is 0.240 e. The lowest BCUT2D eigenvalue weighted by atomic mass is 10.0. The number of para-hydroxylation sites is 1. The Morgan fingerprint density at radius 1 is 1.17 bits per heavy atom. The van der Waals surface area contributed by atoms with Crippen LogP contribution in [0, 0.1) is 0 Å². The number of nitrogens with one attached hydrogen (secondary N) is 1. The van der Waals surface area contributed by atoms with E-state index in [4.69, 9.17) is 4.42 Å². The van der Waals surface area contributed by atoms with Crippen molar-refractivity contribution in [2.75, 3.05) is 6.54 Å². The van der Waals surface area contributed by atoms with Crippen molar-refractivity contribution in [1.82, 2.24) is 4.72 Å². The quantitative estimate of drug-likeness (QED) is 0.676. The van der Waals surface area contributed by atoms with E-state index in [2.05, 4.69) is 20.7 Å². The summed E-state index contributed by atoms with van der Waals surface area (Å²) < 4.78 is 33.5. The van der Waals surface area contributed by atoms with Crippen molar-refractivity contribution in [3.8, 4) is 0 Å². The van der Waals surface area contributed by atoms with E-state index in [-0.39, 0.29) is 11.4 Å². The van der Waals surface area contributed by atoms with Crippen molar-refractivity contribution in [3.63, 3.8) is 0 Å². The maximum atomic E-state index is 12.3. The minimum atomic E-state index is -3.72. The molecular weight excluding hydrogens is 394 g/mol. The molecule has 24 heavy (non-hydrogen) atoms. The molecule has 0 aliphatic carbocycles. The van der Waals surface area contributed by atoms with Crippen molar-refractivity contribution in [2.45, 2.75) is 17.4 Å². The van der Waals surface area contributed by atoms with Crippen LogP contribution in [0.2, 0.25) is 0 Å². The highest BCUT2D eigenvalue weighted by atomic mass is 79.9. The molecule has 1 heterocycles. The van der Waals surface area contributed by atoms with Gasteiger partial charge in [0.1, 0.15) is 16.9 Å². The van der Waals surface area contributed by atoms with Crippen LogP contribution >= 0.6 is 15.9 Å². The lowest BCUT2D eigenvalue weighted by molar-refractivity contribution is 0.0412. The van der Waals surface area contributed by atoms with Gasteiger partial charge in [0, 0.05) is 16.4 Å². The first-order chi connectivity index (χ1) is 11.3. The normalized spacial score (nSPS) is 14.6. The summed E-state index contributed by atoms with van der Waals surface area (Å²) in [5.74, 6) is 0.308. The van der Waals surface area contributed by atoms with Crippen LogP contribution in [0.1, 0.15) is 12.7 Å². The van der Waals surface area contributed by atoms with Gasteiger partial charge in [-0.3, -0.25) is 0 Å². The number of furan rings is 1. The number of rotatable bonds is 5. The van der Waals surface area contributed by atoms with Gasteiger partial charge in [-0.15, -0.1) is 0 Å². The van der Waals surface area contributed by atoms with Crippen LogP contribution in [0.5, 0.6) is 0 Å². The molecule has 7 heteroatoms. The molecule has 3 aromatic rings. The highest BCUT2D eigenvalue weighted by Crippen LogP contribution is 2.28. The van der Waals surface area contributed by atoms with E-state index in [0.29, 0.717) is 11.3 Å². The predicted octanol–water partition coefficient (Wildman–Crippen LogP) is 3.38. The van der Waals surface area contributed by atoms with Gasteiger partial charge in [-0.2, -0.15) is 0 Å². The molecule has 3 rings (SSSR count). The molecule has 2 N–H and O–H groups in total. The highest BCUT2D eigenvalue weighted by Gasteiger charge is 2.29. The molecule has 0 spiro atoms. The van der Waals surface area contributed by atoms with Gasteiger partial charge in [-0.1, -0.05) is 34.1 Å². The smallest absolute Gasteiger partial charge is 0.240 e. The first-order valence-corrected chi connectivity index (χ1v) is 9.52. The fourth-order valence-electron chi connectivity index (χ4n) is 2.27. The fourth-order valence-corrected chi connectivity index (χ4v) is 3.66. The molecule has 0 fully saturated rings. The number of benzene rings is 2. The van der Waals surface area contributed by atoms with Gasteiger partial charge in [0.15, 0.2) is 0 Å². The van der Waals surface area contributed by atoms with Gasteiger partial charge in [0.2, 0.25) is 10.0 Å². The van der Waals surface area contributed by atoms with Crippen LogP contribution in [0.4, 0.5) is 0 Å². The summed E-state index contributed by atoms with van der Waals surface area (Å²) in [6.45, 7) is 1.31. The standard InChI is InChI=1S/C17H16BrNO4S/c1-17(20,16-10-12-4-2-3-5-15(12)23-16)11-19-24(21,22)14-8-6-13(18)7-9-14/h2-10,19-20H,11H2,1H3. The minimum Gasteiger partial charge on any atom is -0.458 e. The van der Waals surface area contributed by atoms with Crippen LogP contribution < -0.4 is 4.72 Å². The van der Waals surface area contributed by atoms with E-state index in [1.54, 1.807) is 24.3 Å². The SMILES string of the molecule is CC(O)(CNS(=O)(=O)c1ccc(Br)cc1)c1cc2ccccc2o1. The Bertz CT molecular complexity index is 929. The Labute approximate surface area is 148 Å². The van der Waals surface area contributed by atoms with Crippen molar-refractivity contribution < 1.29 is 17.9 Å². The maximum absolute atomic E-state index is 12.3. The van der Waals surface area contributed by atoms with Crippen LogP contribution in [0.15, 0.2) is 68.4 Å². The first kappa shape index (κ1) is 17.2. The van der Waals surface area contributed by atoms with Crippen molar-refractivity contribution >= 4 is 36.9 Å². The Morgan fingerprint density at radius 3 is 2.50 bits per heavy atom. The zero-order valence-corrected chi connectivity index (χ0v) is 15.3. The molecule has 0 saturated carbocycles. The van der Waals surface area contributed by atoms with Gasteiger partial charge in [0.25, 0.3) is 0 Å². The molecule has 0 saturated heterocycles. The average molecular weight is 410 g/mol.